The van der Waals surface area contributed by atoms with Crippen LogP contribution in [0.5, 0.6) is 0 Å². The van der Waals surface area contributed by atoms with E-state index >= 15 is 0 Å². The Morgan fingerprint density at radius 3 is 2.56 bits per heavy atom. The third-order valence-corrected chi connectivity index (χ3v) is 1.10. The zero-order valence-corrected chi connectivity index (χ0v) is 6.02. The standard InChI is InChI=1S/C8H13N/c1-3-5-6-8(4-2)7-9/h3,5-7,9H,4H2,1-2H3/b5-3-,8-6-,9-7?. The summed E-state index contributed by atoms with van der Waals surface area (Å²) in [5.74, 6) is 0. The molecule has 1 heteroatoms. The number of allylic oxidation sites excluding steroid dienone is 4. The molecule has 0 saturated carbocycles. The van der Waals surface area contributed by atoms with Gasteiger partial charge in [0.2, 0.25) is 0 Å². The summed E-state index contributed by atoms with van der Waals surface area (Å²) in [4.78, 5) is 0. The molecule has 0 rings (SSSR count). The number of rotatable bonds is 3. The molecule has 1 nitrogen and oxygen atoms in total. The average molecular weight is 123 g/mol. The summed E-state index contributed by atoms with van der Waals surface area (Å²) in [6.45, 7) is 4.01. The summed E-state index contributed by atoms with van der Waals surface area (Å²) in [6, 6.07) is 0. The van der Waals surface area contributed by atoms with Gasteiger partial charge in [0.25, 0.3) is 0 Å². The Kier molecular flexibility index (Phi) is 4.79. The fourth-order valence-electron chi connectivity index (χ4n) is 0.488. The van der Waals surface area contributed by atoms with E-state index in [9.17, 15) is 0 Å². The molecule has 0 heterocycles. The Bertz CT molecular complexity index is 132. The van der Waals surface area contributed by atoms with Crippen molar-refractivity contribution < 1.29 is 0 Å². The Hall–Kier alpha value is -0.850. The minimum atomic E-state index is 0.938. The molecule has 9 heavy (non-hydrogen) atoms. The van der Waals surface area contributed by atoms with Gasteiger partial charge in [0.05, 0.1) is 0 Å². The van der Waals surface area contributed by atoms with Crippen molar-refractivity contribution in [2.45, 2.75) is 20.3 Å². The molecule has 0 aliphatic heterocycles. The first kappa shape index (κ1) is 8.15. The van der Waals surface area contributed by atoms with Gasteiger partial charge < -0.3 is 5.41 Å². The van der Waals surface area contributed by atoms with Crippen LogP contribution in [0.15, 0.2) is 23.8 Å². The highest BCUT2D eigenvalue weighted by Crippen LogP contribution is 1.95. The molecule has 0 aliphatic rings. The molecule has 0 aromatic carbocycles. The quantitative estimate of drug-likeness (QED) is 0.440. The van der Waals surface area contributed by atoms with Crippen LogP contribution < -0.4 is 0 Å². The third-order valence-electron chi connectivity index (χ3n) is 1.10. The summed E-state index contributed by atoms with van der Waals surface area (Å²) in [7, 11) is 0. The summed E-state index contributed by atoms with van der Waals surface area (Å²) in [5, 5.41) is 6.91. The van der Waals surface area contributed by atoms with Gasteiger partial charge >= 0.3 is 0 Å². The van der Waals surface area contributed by atoms with Gasteiger partial charge in [0.1, 0.15) is 0 Å². The molecule has 0 spiro atoms. The normalized spacial score (nSPS) is 12.4. The molecule has 0 radical (unpaired) electrons. The van der Waals surface area contributed by atoms with Crippen LogP contribution >= 0.6 is 0 Å². The van der Waals surface area contributed by atoms with Crippen molar-refractivity contribution in [3.05, 3.63) is 23.8 Å². The predicted molar refractivity (Wildman–Crippen MR) is 42.0 cm³/mol. The molecule has 0 bridgehead atoms. The first-order valence-electron chi connectivity index (χ1n) is 3.17. The molecule has 0 fully saturated rings. The summed E-state index contributed by atoms with van der Waals surface area (Å²) >= 11 is 0. The van der Waals surface area contributed by atoms with Crippen molar-refractivity contribution in [3.63, 3.8) is 0 Å². The lowest BCUT2D eigenvalue weighted by Gasteiger charge is -1.88. The Labute approximate surface area is 56.6 Å². The molecule has 50 valence electrons. The lowest BCUT2D eigenvalue weighted by molar-refractivity contribution is 1.17. The van der Waals surface area contributed by atoms with Crippen molar-refractivity contribution in [2.75, 3.05) is 0 Å². The second-order valence-corrected chi connectivity index (χ2v) is 1.77. The number of hydrogen-bond acceptors (Lipinski definition) is 1. The molecule has 0 aliphatic carbocycles. The van der Waals surface area contributed by atoms with E-state index in [4.69, 9.17) is 5.41 Å². The van der Waals surface area contributed by atoms with Gasteiger partial charge in [-0.2, -0.15) is 0 Å². The Balaban J connectivity index is 3.90. The van der Waals surface area contributed by atoms with Gasteiger partial charge in [-0.3, -0.25) is 0 Å². The van der Waals surface area contributed by atoms with Crippen molar-refractivity contribution in [1.29, 1.82) is 5.41 Å². The molecule has 0 unspecified atom stereocenters. The molecule has 0 atom stereocenters. The molecule has 0 saturated heterocycles. The second kappa shape index (κ2) is 5.29. The van der Waals surface area contributed by atoms with Gasteiger partial charge in [0.15, 0.2) is 0 Å². The fraction of sp³-hybridized carbons (Fsp3) is 0.375. The summed E-state index contributed by atoms with van der Waals surface area (Å²) < 4.78 is 0. The smallest absolute Gasteiger partial charge is 0.0209 e. The van der Waals surface area contributed by atoms with Crippen molar-refractivity contribution >= 4 is 6.21 Å². The molecule has 1 N–H and O–H groups in total. The zero-order chi connectivity index (χ0) is 7.11. The minimum absolute atomic E-state index is 0.938. The second-order valence-electron chi connectivity index (χ2n) is 1.77. The number of nitrogens with one attached hydrogen (secondary N) is 1. The van der Waals surface area contributed by atoms with Crippen LogP contribution in [0.1, 0.15) is 20.3 Å². The molecular weight excluding hydrogens is 110 g/mol. The van der Waals surface area contributed by atoms with Crippen LogP contribution in [0.25, 0.3) is 0 Å². The molecular formula is C8H13N. The molecule has 0 aromatic rings. The van der Waals surface area contributed by atoms with Crippen LogP contribution in [0.4, 0.5) is 0 Å². The van der Waals surface area contributed by atoms with E-state index < -0.39 is 0 Å². The first-order valence-corrected chi connectivity index (χ1v) is 3.17. The highest BCUT2D eigenvalue weighted by Gasteiger charge is 1.81. The maximum absolute atomic E-state index is 6.91. The highest BCUT2D eigenvalue weighted by atomic mass is 14.3. The van der Waals surface area contributed by atoms with Crippen molar-refractivity contribution in [3.8, 4) is 0 Å². The topological polar surface area (TPSA) is 23.9 Å². The lowest BCUT2D eigenvalue weighted by Crippen LogP contribution is -1.77. The van der Waals surface area contributed by atoms with Crippen LogP contribution in [0.2, 0.25) is 0 Å². The Morgan fingerprint density at radius 1 is 1.56 bits per heavy atom. The first-order chi connectivity index (χ1) is 4.35. The lowest BCUT2D eigenvalue weighted by atomic mass is 10.2. The van der Waals surface area contributed by atoms with E-state index in [1.807, 2.05) is 32.1 Å². The van der Waals surface area contributed by atoms with E-state index in [0.29, 0.717) is 0 Å². The van der Waals surface area contributed by atoms with Gasteiger partial charge in [-0.05, 0) is 18.9 Å². The van der Waals surface area contributed by atoms with E-state index in [0.717, 1.165) is 12.0 Å². The van der Waals surface area contributed by atoms with Gasteiger partial charge in [-0.25, -0.2) is 0 Å². The van der Waals surface area contributed by atoms with Crippen LogP contribution in [0, 0.1) is 5.41 Å². The van der Waals surface area contributed by atoms with E-state index in [1.54, 1.807) is 0 Å². The largest absolute Gasteiger partial charge is 0.308 e. The Morgan fingerprint density at radius 2 is 2.22 bits per heavy atom. The van der Waals surface area contributed by atoms with Gasteiger partial charge in [-0.1, -0.05) is 25.2 Å². The van der Waals surface area contributed by atoms with Gasteiger partial charge in [0, 0.05) is 6.21 Å². The van der Waals surface area contributed by atoms with E-state index in [2.05, 4.69) is 0 Å². The number of hydrogen-bond donors (Lipinski definition) is 1. The maximum atomic E-state index is 6.91. The zero-order valence-electron chi connectivity index (χ0n) is 6.02. The van der Waals surface area contributed by atoms with Gasteiger partial charge in [-0.15, -0.1) is 0 Å². The minimum Gasteiger partial charge on any atom is -0.308 e. The van der Waals surface area contributed by atoms with E-state index in [-0.39, 0.29) is 0 Å². The fourth-order valence-corrected chi connectivity index (χ4v) is 0.488. The predicted octanol–water partition coefficient (Wildman–Crippen LogP) is 2.55. The van der Waals surface area contributed by atoms with Crippen molar-refractivity contribution in [2.24, 2.45) is 0 Å². The third kappa shape index (κ3) is 3.71. The SMILES string of the molecule is C/C=C\C=C(/C=N)CC. The van der Waals surface area contributed by atoms with Crippen LogP contribution in [0.3, 0.4) is 0 Å². The van der Waals surface area contributed by atoms with E-state index in [1.165, 1.54) is 6.21 Å². The monoisotopic (exact) mass is 123 g/mol. The van der Waals surface area contributed by atoms with Crippen molar-refractivity contribution in [1.82, 2.24) is 0 Å². The summed E-state index contributed by atoms with van der Waals surface area (Å²) in [6.07, 6.45) is 8.18. The summed E-state index contributed by atoms with van der Waals surface area (Å²) in [5.41, 5.74) is 1.06. The van der Waals surface area contributed by atoms with Crippen LogP contribution in [-0.4, -0.2) is 6.21 Å². The average Bonchev–Trinajstić information content (AvgIpc) is 1.91. The highest BCUT2D eigenvalue weighted by molar-refractivity contribution is 5.75. The maximum Gasteiger partial charge on any atom is 0.0209 e. The molecule has 0 aromatic heterocycles. The molecule has 0 amide bonds. The van der Waals surface area contributed by atoms with Crippen LogP contribution in [-0.2, 0) is 0 Å².